The molecule has 3 fully saturated rings. The average molecular weight is 289 g/mol. The smallest absolute Gasteiger partial charge is 0.411 e. The van der Waals surface area contributed by atoms with Crippen LogP contribution >= 0.6 is 0 Å². The Kier molecular flexibility index (Phi) is 3.82. The minimum absolute atomic E-state index is 0.0133. The van der Waals surface area contributed by atoms with Crippen LogP contribution in [-0.4, -0.2) is 34.2 Å². The highest BCUT2D eigenvalue weighted by Gasteiger charge is 2.48. The van der Waals surface area contributed by atoms with Crippen molar-refractivity contribution in [2.45, 2.75) is 44.4 Å². The molecule has 1 amide bonds. The van der Waals surface area contributed by atoms with Crippen molar-refractivity contribution in [3.63, 3.8) is 0 Å². The molecular formula is C16H19NO4. The zero-order valence-corrected chi connectivity index (χ0v) is 11.8. The van der Waals surface area contributed by atoms with Crippen LogP contribution in [0.3, 0.4) is 0 Å². The Morgan fingerprint density at radius 3 is 2.43 bits per heavy atom. The maximum absolute atomic E-state index is 12.3. The lowest BCUT2D eigenvalue weighted by Crippen LogP contribution is -2.60. The van der Waals surface area contributed by atoms with Gasteiger partial charge >= 0.3 is 12.1 Å². The second-order valence-corrected chi connectivity index (χ2v) is 5.80. The first-order valence-electron chi connectivity index (χ1n) is 7.38. The maximum atomic E-state index is 12.3. The number of ether oxygens (including phenoxy) is 1. The molecule has 5 heteroatoms. The molecular weight excluding hydrogens is 270 g/mol. The first-order valence-corrected chi connectivity index (χ1v) is 7.38. The van der Waals surface area contributed by atoms with Crippen LogP contribution in [0.1, 0.15) is 31.2 Å². The van der Waals surface area contributed by atoms with Gasteiger partial charge in [0.25, 0.3) is 0 Å². The summed E-state index contributed by atoms with van der Waals surface area (Å²) in [6, 6.07) is 8.71. The summed E-state index contributed by atoms with van der Waals surface area (Å²) in [5.41, 5.74) is 0.903. The summed E-state index contributed by atoms with van der Waals surface area (Å²) >= 11 is 0. The van der Waals surface area contributed by atoms with E-state index in [1.807, 2.05) is 30.3 Å². The highest BCUT2D eigenvalue weighted by atomic mass is 16.6. The Balaban J connectivity index is 1.69. The Hall–Kier alpha value is -2.04. The summed E-state index contributed by atoms with van der Waals surface area (Å²) in [5, 5.41) is 9.42. The van der Waals surface area contributed by atoms with Crippen molar-refractivity contribution in [3.05, 3.63) is 35.9 Å². The van der Waals surface area contributed by atoms with Crippen LogP contribution in [0.2, 0.25) is 0 Å². The lowest BCUT2D eigenvalue weighted by Gasteiger charge is -2.48. The van der Waals surface area contributed by atoms with E-state index in [2.05, 4.69) is 0 Å². The number of fused-ring (bicyclic) bond motifs is 3. The fourth-order valence-corrected chi connectivity index (χ4v) is 3.53. The highest BCUT2D eigenvalue weighted by Crippen LogP contribution is 2.40. The van der Waals surface area contributed by atoms with E-state index in [1.165, 1.54) is 4.90 Å². The van der Waals surface area contributed by atoms with Gasteiger partial charge in [0.05, 0.1) is 0 Å². The van der Waals surface area contributed by atoms with Gasteiger partial charge in [-0.2, -0.15) is 0 Å². The zero-order valence-electron chi connectivity index (χ0n) is 11.8. The van der Waals surface area contributed by atoms with E-state index in [0.29, 0.717) is 0 Å². The van der Waals surface area contributed by atoms with E-state index in [9.17, 15) is 14.7 Å². The number of carboxylic acid groups (broad SMARTS) is 1. The van der Waals surface area contributed by atoms with E-state index >= 15 is 0 Å². The first-order chi connectivity index (χ1) is 10.2. The molecule has 2 bridgehead atoms. The van der Waals surface area contributed by atoms with Gasteiger partial charge in [-0.15, -0.1) is 0 Å². The van der Waals surface area contributed by atoms with Gasteiger partial charge in [-0.25, -0.2) is 9.59 Å². The molecule has 1 N–H and O–H groups in total. The number of benzene rings is 1. The molecule has 0 spiro atoms. The lowest BCUT2D eigenvalue weighted by atomic mass is 9.75. The van der Waals surface area contributed by atoms with E-state index in [4.69, 9.17) is 4.74 Å². The first kappa shape index (κ1) is 13.9. The summed E-state index contributed by atoms with van der Waals surface area (Å²) < 4.78 is 5.32. The normalized spacial score (nSPS) is 27.4. The van der Waals surface area contributed by atoms with Crippen molar-refractivity contribution in [3.8, 4) is 0 Å². The lowest BCUT2D eigenvalue weighted by molar-refractivity contribution is -0.151. The summed E-state index contributed by atoms with van der Waals surface area (Å²) in [4.78, 5) is 25.3. The number of hydrogen-bond acceptors (Lipinski definition) is 3. The van der Waals surface area contributed by atoms with Crippen molar-refractivity contribution >= 4 is 12.1 Å². The summed E-state index contributed by atoms with van der Waals surface area (Å²) in [6.07, 6.45) is 3.05. The van der Waals surface area contributed by atoms with Crippen molar-refractivity contribution in [1.29, 1.82) is 0 Å². The van der Waals surface area contributed by atoms with E-state index in [1.54, 1.807) is 0 Å². The molecule has 2 heterocycles. The number of nitrogens with zero attached hydrogens (tertiary/aromatic N) is 1. The van der Waals surface area contributed by atoms with Crippen LogP contribution in [0.5, 0.6) is 0 Å². The van der Waals surface area contributed by atoms with Gasteiger partial charge in [-0.3, -0.25) is 4.90 Å². The van der Waals surface area contributed by atoms with Crippen LogP contribution in [0.4, 0.5) is 4.79 Å². The quantitative estimate of drug-likeness (QED) is 0.929. The Morgan fingerprint density at radius 2 is 1.81 bits per heavy atom. The number of rotatable bonds is 3. The molecule has 0 aromatic heterocycles. The molecule has 1 saturated carbocycles. The number of carboxylic acids is 1. The number of piperidine rings is 2. The van der Waals surface area contributed by atoms with Crippen LogP contribution in [-0.2, 0) is 16.1 Å². The van der Waals surface area contributed by atoms with E-state index < -0.39 is 18.1 Å². The fraction of sp³-hybridized carbons (Fsp3) is 0.500. The molecule has 2 aliphatic heterocycles. The zero-order chi connectivity index (χ0) is 14.8. The molecule has 1 atom stereocenters. The molecule has 4 rings (SSSR count). The maximum Gasteiger partial charge on any atom is 0.411 e. The molecule has 21 heavy (non-hydrogen) atoms. The molecule has 1 aromatic rings. The third-order valence-corrected chi connectivity index (χ3v) is 4.55. The van der Waals surface area contributed by atoms with E-state index in [-0.39, 0.29) is 18.6 Å². The summed E-state index contributed by atoms with van der Waals surface area (Å²) in [5.74, 6) is -0.849. The number of carbonyl (C=O) groups is 2. The third-order valence-electron chi connectivity index (χ3n) is 4.55. The summed E-state index contributed by atoms with van der Waals surface area (Å²) in [7, 11) is 0. The second kappa shape index (κ2) is 5.76. The molecule has 3 aliphatic rings. The van der Waals surface area contributed by atoms with Gasteiger partial charge in [0, 0.05) is 6.04 Å². The minimum atomic E-state index is -0.916. The van der Waals surface area contributed by atoms with Crippen LogP contribution in [0.15, 0.2) is 30.3 Å². The van der Waals surface area contributed by atoms with Crippen molar-refractivity contribution in [2.75, 3.05) is 0 Å². The van der Waals surface area contributed by atoms with Gasteiger partial charge in [-0.1, -0.05) is 30.3 Å². The topological polar surface area (TPSA) is 66.8 Å². The van der Waals surface area contributed by atoms with E-state index in [0.717, 1.165) is 31.2 Å². The molecule has 2 saturated heterocycles. The number of aliphatic carboxylic acids is 1. The SMILES string of the molecule is O=C(O)[C@@H]1[C@H]2CC[C@H](CC2)N1C(=O)OCc1ccccc1. The van der Waals surface area contributed by atoms with Crippen molar-refractivity contribution in [1.82, 2.24) is 4.90 Å². The summed E-state index contributed by atoms with van der Waals surface area (Å²) in [6.45, 7) is 0.180. The van der Waals surface area contributed by atoms with Crippen molar-refractivity contribution in [2.24, 2.45) is 5.92 Å². The predicted molar refractivity (Wildman–Crippen MR) is 75.6 cm³/mol. The molecule has 1 aliphatic carbocycles. The Labute approximate surface area is 123 Å². The van der Waals surface area contributed by atoms with Crippen LogP contribution < -0.4 is 0 Å². The molecule has 1 aromatic carbocycles. The molecule has 5 nitrogen and oxygen atoms in total. The number of carbonyl (C=O) groups excluding carboxylic acids is 1. The molecule has 112 valence electrons. The van der Waals surface area contributed by atoms with Crippen LogP contribution in [0, 0.1) is 5.92 Å². The van der Waals surface area contributed by atoms with Gasteiger partial charge < -0.3 is 9.84 Å². The molecule has 0 unspecified atom stereocenters. The van der Waals surface area contributed by atoms with Gasteiger partial charge in [0.2, 0.25) is 0 Å². The Bertz CT molecular complexity index is 522. The number of amides is 1. The van der Waals surface area contributed by atoms with Gasteiger partial charge in [-0.05, 0) is 37.2 Å². The highest BCUT2D eigenvalue weighted by molar-refractivity contribution is 5.81. The predicted octanol–water partition coefficient (Wildman–Crippen LogP) is 2.65. The monoisotopic (exact) mass is 289 g/mol. The average Bonchev–Trinajstić information content (AvgIpc) is 2.53. The van der Waals surface area contributed by atoms with Gasteiger partial charge in [0.15, 0.2) is 0 Å². The fourth-order valence-electron chi connectivity index (χ4n) is 3.53. The third kappa shape index (κ3) is 2.73. The van der Waals surface area contributed by atoms with Gasteiger partial charge in [0.1, 0.15) is 12.6 Å². The second-order valence-electron chi connectivity index (χ2n) is 5.80. The van der Waals surface area contributed by atoms with Crippen molar-refractivity contribution < 1.29 is 19.4 Å². The van der Waals surface area contributed by atoms with Crippen LogP contribution in [0.25, 0.3) is 0 Å². The molecule has 0 radical (unpaired) electrons. The number of hydrogen-bond donors (Lipinski definition) is 1. The largest absolute Gasteiger partial charge is 0.480 e. The minimum Gasteiger partial charge on any atom is -0.480 e. The standard InChI is InChI=1S/C16H19NO4/c18-15(19)14-12-6-8-13(9-7-12)17(14)16(20)21-10-11-4-2-1-3-5-11/h1-5,12-14H,6-10H2,(H,18,19)/t12-,13+,14-/m0/s1. The Morgan fingerprint density at radius 1 is 1.14 bits per heavy atom.